The first kappa shape index (κ1) is 35.4. The highest BCUT2D eigenvalue weighted by Crippen LogP contribution is 2.45. The minimum absolute atomic E-state index is 0.219. The minimum atomic E-state index is -1.17. The van der Waals surface area contributed by atoms with Crippen molar-refractivity contribution in [3.8, 4) is 21.7 Å². The molecule has 10 nitrogen and oxygen atoms in total. The number of carbonyl (C=O) groups is 2. The molecule has 2 aromatic heterocycles. The number of hydrogen-bond acceptors (Lipinski definition) is 8. The lowest BCUT2D eigenvalue weighted by molar-refractivity contribution is -0.160. The molecule has 4 heterocycles. The number of carbonyl (C=O) groups excluding carboxylic acids is 1. The first-order chi connectivity index (χ1) is 24.3. The van der Waals surface area contributed by atoms with E-state index in [1.54, 1.807) is 16.2 Å². The van der Waals surface area contributed by atoms with Gasteiger partial charge in [-0.3, -0.25) is 9.58 Å². The molecule has 0 spiro atoms. The largest absolute Gasteiger partial charge is 0.479 e. The molecule has 2 aliphatic heterocycles. The number of aryl methyl sites for hydroxylation is 2. The van der Waals surface area contributed by atoms with Crippen molar-refractivity contribution >= 4 is 56.1 Å². The zero-order valence-electron chi connectivity index (χ0n) is 29.9. The van der Waals surface area contributed by atoms with Crippen molar-refractivity contribution in [3.63, 3.8) is 0 Å². The van der Waals surface area contributed by atoms with Gasteiger partial charge in [-0.2, -0.15) is 5.10 Å². The molecule has 2 aliphatic rings. The van der Waals surface area contributed by atoms with Gasteiger partial charge in [-0.15, -0.1) is 11.3 Å². The first-order valence-electron chi connectivity index (χ1n) is 17.5. The van der Waals surface area contributed by atoms with Crippen LogP contribution in [-0.4, -0.2) is 86.2 Å². The van der Waals surface area contributed by atoms with E-state index in [2.05, 4.69) is 23.1 Å². The smallest absolute Gasteiger partial charge is 0.409 e. The zero-order chi connectivity index (χ0) is 36.2. The van der Waals surface area contributed by atoms with Gasteiger partial charge in [0.2, 0.25) is 0 Å². The number of rotatable bonds is 8. The van der Waals surface area contributed by atoms with E-state index in [1.807, 2.05) is 76.7 Å². The van der Waals surface area contributed by atoms with Crippen molar-refractivity contribution in [1.82, 2.24) is 24.6 Å². The molecule has 268 valence electrons. The highest BCUT2D eigenvalue weighted by atomic mass is 35.5. The highest BCUT2D eigenvalue weighted by molar-refractivity contribution is 7.22. The number of piperidine rings is 1. The summed E-state index contributed by atoms with van der Waals surface area (Å²) in [5, 5.41) is 18.1. The van der Waals surface area contributed by atoms with Gasteiger partial charge in [-0.05, 0) is 108 Å². The maximum absolute atomic E-state index is 12.8. The minimum Gasteiger partial charge on any atom is -0.479 e. The number of carboxylic acid groups (broad SMARTS) is 1. The highest BCUT2D eigenvalue weighted by Gasteiger charge is 2.38. The molecule has 5 aromatic rings. The summed E-state index contributed by atoms with van der Waals surface area (Å²) in [6.07, 6.45) is 0.609. The summed E-state index contributed by atoms with van der Waals surface area (Å²) in [6, 6.07) is 16.3. The third-order valence-electron chi connectivity index (χ3n) is 9.97. The predicted octanol–water partition coefficient (Wildman–Crippen LogP) is 8.44. The van der Waals surface area contributed by atoms with Crippen molar-refractivity contribution in [3.05, 3.63) is 70.4 Å². The number of fused-ring (bicyclic) bond motifs is 2. The molecule has 51 heavy (non-hydrogen) atoms. The number of aliphatic carboxylic acids is 1. The van der Waals surface area contributed by atoms with Crippen LogP contribution in [0.4, 0.5) is 4.79 Å². The molecule has 1 N–H and O–H groups in total. The summed E-state index contributed by atoms with van der Waals surface area (Å²) in [5.74, 6) is -0.714. The van der Waals surface area contributed by atoms with Gasteiger partial charge in [0.1, 0.15) is 5.01 Å². The Morgan fingerprint density at radius 1 is 1.06 bits per heavy atom. The Labute approximate surface area is 306 Å². The maximum Gasteiger partial charge on any atom is 0.409 e. The van der Waals surface area contributed by atoms with Crippen LogP contribution in [0.25, 0.3) is 42.8 Å². The van der Waals surface area contributed by atoms with Crippen LogP contribution < -0.4 is 0 Å². The van der Waals surface area contributed by atoms with Crippen molar-refractivity contribution < 1.29 is 24.2 Å². The molecule has 0 aliphatic carbocycles. The summed E-state index contributed by atoms with van der Waals surface area (Å²) in [4.78, 5) is 34.2. The Morgan fingerprint density at radius 3 is 2.39 bits per heavy atom. The maximum atomic E-state index is 12.8. The molecule has 12 heteroatoms. The Bertz CT molecular complexity index is 2110. The number of amides is 1. The van der Waals surface area contributed by atoms with E-state index in [1.165, 1.54) is 0 Å². The van der Waals surface area contributed by atoms with Crippen LogP contribution in [0.5, 0.6) is 0 Å². The molecule has 3 aromatic carbocycles. The van der Waals surface area contributed by atoms with Crippen molar-refractivity contribution in [2.75, 3.05) is 32.8 Å². The first-order valence-corrected chi connectivity index (χ1v) is 18.7. The number of aromatic nitrogens is 3. The third kappa shape index (κ3) is 6.96. The second-order valence-electron chi connectivity index (χ2n) is 14.6. The SMILES string of the molecule is CCOC(=O)N1CC(N2CCC(c3nn(C)c4ccc(-c5nc6cc(C)c([C@H](OC(C)(C)C)C(=O)O)c(-c7ccc(Cl)cc7)c6s5)cc34)CC2)C1. The van der Waals surface area contributed by atoms with Gasteiger partial charge in [-0.1, -0.05) is 23.7 Å². The third-order valence-corrected chi connectivity index (χ3v) is 11.4. The van der Waals surface area contributed by atoms with Gasteiger partial charge in [0.15, 0.2) is 6.10 Å². The number of thiazole rings is 1. The number of nitrogens with zero attached hydrogens (tertiary/aromatic N) is 5. The van der Waals surface area contributed by atoms with Crippen LogP contribution >= 0.6 is 22.9 Å². The predicted molar refractivity (Wildman–Crippen MR) is 202 cm³/mol. The topological polar surface area (TPSA) is 110 Å². The lowest BCUT2D eigenvalue weighted by Gasteiger charge is -2.46. The summed E-state index contributed by atoms with van der Waals surface area (Å²) in [7, 11) is 2.00. The average Bonchev–Trinajstić information content (AvgIpc) is 3.63. The number of likely N-dealkylation sites (tertiary alicyclic amines) is 2. The molecule has 7 rings (SSSR count). The second-order valence-corrected chi connectivity index (χ2v) is 16.0. The molecular formula is C39H44ClN5O5S. The summed E-state index contributed by atoms with van der Waals surface area (Å²) >= 11 is 7.85. The number of hydrogen-bond donors (Lipinski definition) is 1. The molecule has 0 radical (unpaired) electrons. The fourth-order valence-corrected chi connectivity index (χ4v) is 8.72. The Kier molecular flexibility index (Phi) is 9.60. The Balaban J connectivity index is 1.23. The molecular weight excluding hydrogens is 686 g/mol. The van der Waals surface area contributed by atoms with E-state index in [0.717, 1.165) is 93.1 Å². The van der Waals surface area contributed by atoms with Gasteiger partial charge < -0.3 is 19.5 Å². The number of benzene rings is 3. The van der Waals surface area contributed by atoms with Crippen molar-refractivity contribution in [2.24, 2.45) is 7.05 Å². The van der Waals surface area contributed by atoms with Crippen LogP contribution in [0.2, 0.25) is 5.02 Å². The Morgan fingerprint density at radius 2 is 1.75 bits per heavy atom. The van der Waals surface area contributed by atoms with E-state index in [0.29, 0.717) is 29.2 Å². The fourth-order valence-electron chi connectivity index (χ4n) is 7.48. The van der Waals surface area contributed by atoms with E-state index in [4.69, 9.17) is 31.2 Å². The second kappa shape index (κ2) is 13.8. The molecule has 0 bridgehead atoms. The molecule has 2 fully saturated rings. The zero-order valence-corrected chi connectivity index (χ0v) is 31.5. The van der Waals surface area contributed by atoms with Crippen molar-refractivity contribution in [2.45, 2.75) is 71.1 Å². The van der Waals surface area contributed by atoms with E-state index in [9.17, 15) is 14.7 Å². The summed E-state index contributed by atoms with van der Waals surface area (Å²) in [6.45, 7) is 13.1. The molecule has 1 amide bonds. The van der Waals surface area contributed by atoms with E-state index < -0.39 is 17.7 Å². The van der Waals surface area contributed by atoms with E-state index >= 15 is 0 Å². The lowest BCUT2D eigenvalue weighted by Crippen LogP contribution is -2.62. The molecule has 0 saturated carbocycles. The van der Waals surface area contributed by atoms with Crippen LogP contribution in [0.3, 0.4) is 0 Å². The monoisotopic (exact) mass is 729 g/mol. The summed E-state index contributed by atoms with van der Waals surface area (Å²) < 4.78 is 14.2. The van der Waals surface area contributed by atoms with Gasteiger partial charge in [-0.25, -0.2) is 14.6 Å². The Hall–Kier alpha value is -4.03. The van der Waals surface area contributed by atoms with Gasteiger partial charge >= 0.3 is 12.1 Å². The number of ether oxygens (including phenoxy) is 2. The average molecular weight is 730 g/mol. The lowest BCUT2D eigenvalue weighted by atomic mass is 9.90. The van der Waals surface area contributed by atoms with Gasteiger partial charge in [0.25, 0.3) is 0 Å². The standard InChI is InChI=1S/C39H44ClN5O5S/c1-7-49-38(48)45-20-27(21-45)44-16-14-24(15-17-44)33-28-19-25(10-13-30(28)43(6)42-33)36-41-29-18-22(2)31(34(37(46)47)50-39(3,4)5)32(35(29)51-36)23-8-11-26(40)12-9-23/h8-13,18-19,24,27,34H,7,14-17,20-21H2,1-6H3,(H,46,47)/t34-/m0/s1. The van der Waals surface area contributed by atoms with Gasteiger partial charge in [0.05, 0.1) is 33.6 Å². The number of carboxylic acids is 1. The normalized spacial score (nSPS) is 16.9. The van der Waals surface area contributed by atoms with Gasteiger partial charge in [0, 0.05) is 59.2 Å². The summed E-state index contributed by atoms with van der Waals surface area (Å²) in [5.41, 5.74) is 6.37. The van der Waals surface area contributed by atoms with Crippen LogP contribution in [0.15, 0.2) is 48.5 Å². The molecule has 0 unspecified atom stereocenters. The van der Waals surface area contributed by atoms with Crippen LogP contribution in [0, 0.1) is 6.92 Å². The molecule has 2 saturated heterocycles. The quantitative estimate of drug-likeness (QED) is 0.170. The molecule has 1 atom stereocenters. The number of halogens is 1. The van der Waals surface area contributed by atoms with Crippen molar-refractivity contribution in [1.29, 1.82) is 0 Å². The van der Waals surface area contributed by atoms with Crippen LogP contribution in [0.1, 0.15) is 69.4 Å². The van der Waals surface area contributed by atoms with Crippen LogP contribution in [-0.2, 0) is 21.3 Å². The fraction of sp³-hybridized carbons (Fsp3) is 0.436. The van der Waals surface area contributed by atoms with E-state index in [-0.39, 0.29) is 6.09 Å².